The van der Waals surface area contributed by atoms with Crippen LogP contribution in [0.5, 0.6) is 0 Å². The van der Waals surface area contributed by atoms with E-state index in [1.807, 2.05) is 0 Å². The normalized spacial score (nSPS) is 11.9. The number of hydrogen-bond donors (Lipinski definition) is 1. The molecule has 0 atom stereocenters. The lowest BCUT2D eigenvalue weighted by Gasteiger charge is -2.09. The van der Waals surface area contributed by atoms with Crippen molar-refractivity contribution in [3.05, 3.63) is 40.8 Å². The van der Waals surface area contributed by atoms with Gasteiger partial charge in [0.1, 0.15) is 4.64 Å². The zero-order valence-corrected chi connectivity index (χ0v) is 11.8. The highest BCUT2D eigenvalue weighted by Crippen LogP contribution is 2.30. The van der Waals surface area contributed by atoms with Gasteiger partial charge in [0.05, 0.1) is 0 Å². The van der Waals surface area contributed by atoms with Gasteiger partial charge in [0.15, 0.2) is 0 Å². The van der Waals surface area contributed by atoms with Crippen LogP contribution in [-0.4, -0.2) is 15.7 Å². The van der Waals surface area contributed by atoms with Crippen molar-refractivity contribution in [1.82, 2.24) is 9.97 Å². The smallest absolute Gasteiger partial charge is 0.336 e. The quantitative estimate of drug-likeness (QED) is 0.477. The molecule has 1 aromatic carbocycles. The number of nitrogens with one attached hydrogen (secondary N) is 1. The van der Waals surface area contributed by atoms with Crippen LogP contribution >= 0.6 is 24.0 Å². The first-order valence-corrected chi connectivity index (χ1v) is 6.78. The van der Waals surface area contributed by atoms with E-state index in [0.29, 0.717) is 22.2 Å². The van der Waals surface area contributed by atoms with Gasteiger partial charge in [0.25, 0.3) is 5.76 Å². The zero-order valence-electron chi connectivity index (χ0n) is 10.1. The number of halogens is 5. The predicted molar refractivity (Wildman–Crippen MR) is 71.7 cm³/mol. The van der Waals surface area contributed by atoms with Crippen LogP contribution < -0.4 is 0 Å². The Morgan fingerprint density at radius 2 is 1.76 bits per heavy atom. The van der Waals surface area contributed by atoms with Gasteiger partial charge in [-0.25, -0.2) is 4.98 Å². The third-order valence-electron chi connectivity index (χ3n) is 2.40. The first kappa shape index (κ1) is 15.9. The maximum absolute atomic E-state index is 12.6. The highest BCUT2D eigenvalue weighted by Gasteiger charge is 2.34. The largest absolute Gasteiger partial charge is 0.449 e. The highest BCUT2D eigenvalue weighted by molar-refractivity contribution is 7.99. The van der Waals surface area contributed by atoms with Gasteiger partial charge in [0, 0.05) is 10.6 Å². The number of aromatic nitrogens is 2. The first-order chi connectivity index (χ1) is 9.75. The highest BCUT2D eigenvalue weighted by atomic mass is 32.2. The van der Waals surface area contributed by atoms with Crippen molar-refractivity contribution in [2.45, 2.75) is 16.8 Å². The number of hydrogen-bond acceptors (Lipinski definition) is 3. The molecule has 0 amide bonds. The zero-order chi connectivity index (χ0) is 15.6. The van der Waals surface area contributed by atoms with Gasteiger partial charge in [-0.15, -0.1) is 0 Å². The molecule has 0 aliphatic heterocycles. The van der Waals surface area contributed by atoms with Crippen molar-refractivity contribution < 1.29 is 22.0 Å². The third kappa shape index (κ3) is 4.24. The van der Waals surface area contributed by atoms with Gasteiger partial charge in [0.2, 0.25) is 5.82 Å². The first-order valence-electron chi connectivity index (χ1n) is 5.49. The van der Waals surface area contributed by atoms with Crippen LogP contribution in [0.15, 0.2) is 35.2 Å². The molecule has 0 unspecified atom stereocenters. The standard InChI is InChI=1S/C12H7F5N2S2/c13-11(14)21-7-3-1-6(2-4-7)8-5-9(20)19-10(18-8)12(15,16)17/h1-5,11H,(H,18,19,20). The molecule has 9 heteroatoms. The molecule has 1 aromatic heterocycles. The average molecular weight is 338 g/mol. The van der Waals surface area contributed by atoms with Crippen LogP contribution in [0.25, 0.3) is 11.3 Å². The minimum Gasteiger partial charge on any atom is -0.336 e. The molecule has 0 radical (unpaired) electrons. The summed E-state index contributed by atoms with van der Waals surface area (Å²) in [6.07, 6.45) is -4.64. The monoisotopic (exact) mass is 338 g/mol. The fourth-order valence-corrected chi connectivity index (χ4v) is 2.27. The van der Waals surface area contributed by atoms with Crippen molar-refractivity contribution in [2.75, 3.05) is 0 Å². The number of benzene rings is 1. The second-order valence-electron chi connectivity index (χ2n) is 3.88. The Bertz CT molecular complexity index is 679. The topological polar surface area (TPSA) is 28.7 Å². The number of thioether (sulfide) groups is 1. The summed E-state index contributed by atoms with van der Waals surface area (Å²) in [5.74, 6) is -3.75. The van der Waals surface area contributed by atoms with E-state index in [-0.39, 0.29) is 10.3 Å². The van der Waals surface area contributed by atoms with E-state index in [9.17, 15) is 22.0 Å². The van der Waals surface area contributed by atoms with E-state index in [1.165, 1.54) is 30.3 Å². The maximum atomic E-state index is 12.6. The van der Waals surface area contributed by atoms with Crippen LogP contribution in [0.4, 0.5) is 22.0 Å². The van der Waals surface area contributed by atoms with Crippen molar-refractivity contribution in [1.29, 1.82) is 0 Å². The number of nitrogens with zero attached hydrogens (tertiary/aromatic N) is 1. The Kier molecular flexibility index (Phi) is 4.62. The molecule has 2 rings (SSSR count). The van der Waals surface area contributed by atoms with E-state index in [0.717, 1.165) is 0 Å². The minimum atomic E-state index is -4.64. The van der Waals surface area contributed by atoms with Gasteiger partial charge in [-0.05, 0) is 23.8 Å². The van der Waals surface area contributed by atoms with Crippen molar-refractivity contribution in [2.24, 2.45) is 0 Å². The van der Waals surface area contributed by atoms with Crippen molar-refractivity contribution in [3.8, 4) is 11.3 Å². The van der Waals surface area contributed by atoms with Crippen LogP contribution in [0.1, 0.15) is 5.82 Å². The van der Waals surface area contributed by atoms with Crippen LogP contribution in [0.2, 0.25) is 0 Å². The fraction of sp³-hybridized carbons (Fsp3) is 0.167. The van der Waals surface area contributed by atoms with Gasteiger partial charge < -0.3 is 4.98 Å². The Hall–Kier alpha value is -1.48. The van der Waals surface area contributed by atoms with Crippen LogP contribution in [0.3, 0.4) is 0 Å². The molecule has 0 spiro atoms. The van der Waals surface area contributed by atoms with E-state index in [4.69, 9.17) is 12.2 Å². The van der Waals surface area contributed by atoms with Gasteiger partial charge in [-0.1, -0.05) is 36.1 Å². The van der Waals surface area contributed by atoms with Gasteiger partial charge in [-0.2, -0.15) is 22.0 Å². The summed E-state index contributed by atoms with van der Waals surface area (Å²) < 4.78 is 62.1. The van der Waals surface area contributed by atoms with Crippen molar-refractivity contribution >= 4 is 24.0 Å². The molecular weight excluding hydrogens is 331 g/mol. The minimum absolute atomic E-state index is 0.121. The van der Waals surface area contributed by atoms with Crippen molar-refractivity contribution in [3.63, 3.8) is 0 Å². The molecule has 112 valence electrons. The lowest BCUT2D eigenvalue weighted by Crippen LogP contribution is -2.11. The molecule has 0 aliphatic carbocycles. The lowest BCUT2D eigenvalue weighted by molar-refractivity contribution is -0.144. The number of aromatic amines is 1. The molecule has 0 aliphatic rings. The molecule has 2 nitrogen and oxygen atoms in total. The summed E-state index contributed by atoms with van der Waals surface area (Å²) in [4.78, 5) is 5.68. The molecule has 2 aromatic rings. The molecular formula is C12H7F5N2S2. The lowest BCUT2D eigenvalue weighted by atomic mass is 10.1. The molecule has 0 bridgehead atoms. The summed E-state index contributed by atoms with van der Waals surface area (Å²) >= 11 is 5.06. The van der Waals surface area contributed by atoms with Gasteiger partial charge >= 0.3 is 6.18 Å². The molecule has 21 heavy (non-hydrogen) atoms. The summed E-state index contributed by atoms with van der Waals surface area (Å²) in [7, 11) is 0. The summed E-state index contributed by atoms with van der Waals surface area (Å²) in [6, 6.07) is 6.95. The van der Waals surface area contributed by atoms with E-state index < -0.39 is 17.8 Å². The predicted octanol–water partition coefficient (Wildman–Crippen LogP) is 5.14. The van der Waals surface area contributed by atoms with E-state index >= 15 is 0 Å². The third-order valence-corrected chi connectivity index (χ3v) is 3.33. The summed E-state index contributed by atoms with van der Waals surface area (Å²) in [6.45, 7) is 0. The molecule has 0 saturated heterocycles. The fourth-order valence-electron chi connectivity index (χ4n) is 1.56. The Morgan fingerprint density at radius 1 is 1.14 bits per heavy atom. The molecule has 1 N–H and O–H groups in total. The van der Waals surface area contributed by atoms with E-state index in [2.05, 4.69) is 9.97 Å². The number of alkyl halides is 5. The Balaban J connectivity index is 2.38. The molecule has 0 saturated carbocycles. The average Bonchev–Trinajstić information content (AvgIpc) is 2.37. The summed E-state index contributed by atoms with van der Waals surface area (Å²) in [5, 5.41) is 0. The second kappa shape index (κ2) is 6.10. The molecule has 1 heterocycles. The van der Waals surface area contributed by atoms with Gasteiger partial charge in [-0.3, -0.25) is 0 Å². The Labute approximate surface area is 125 Å². The van der Waals surface area contributed by atoms with Crippen LogP contribution in [-0.2, 0) is 6.18 Å². The second-order valence-corrected chi connectivity index (χ2v) is 5.36. The number of H-pyrrole nitrogens is 1. The SMILES string of the molecule is FC(F)Sc1ccc(-c2cc(=S)nc(C(F)(F)F)[nH]2)cc1. The molecule has 0 fully saturated rings. The van der Waals surface area contributed by atoms with Crippen LogP contribution in [0, 0.1) is 4.64 Å². The number of rotatable bonds is 3. The Morgan fingerprint density at radius 3 is 2.29 bits per heavy atom. The summed E-state index contributed by atoms with van der Waals surface area (Å²) in [5.41, 5.74) is 0.517. The maximum Gasteiger partial charge on any atom is 0.449 e. The van der Waals surface area contributed by atoms with E-state index in [1.54, 1.807) is 0 Å².